The minimum Gasteiger partial charge on any atom is -0.457 e. The van der Waals surface area contributed by atoms with E-state index in [0.29, 0.717) is 22.8 Å². The number of carbonyl (C=O) groups excluding carboxylic acids is 1. The summed E-state index contributed by atoms with van der Waals surface area (Å²) in [5, 5.41) is 0. The zero-order valence-corrected chi connectivity index (χ0v) is 12.9. The highest BCUT2D eigenvalue weighted by atomic mass is 19.1. The third-order valence-electron chi connectivity index (χ3n) is 3.85. The van der Waals surface area contributed by atoms with E-state index in [0.717, 1.165) is 11.1 Å². The van der Waals surface area contributed by atoms with Crippen LogP contribution in [0.3, 0.4) is 0 Å². The fourth-order valence-electron chi connectivity index (χ4n) is 2.63. The van der Waals surface area contributed by atoms with E-state index in [2.05, 4.69) is 0 Å². The summed E-state index contributed by atoms with van der Waals surface area (Å²) in [4.78, 5) is 12.4. The number of hydrogen-bond donors (Lipinski definition) is 0. The second-order valence-electron chi connectivity index (χ2n) is 5.65. The van der Waals surface area contributed by atoms with Crippen LogP contribution in [0.2, 0.25) is 0 Å². The van der Waals surface area contributed by atoms with Crippen LogP contribution in [0.1, 0.15) is 21.7 Å². The molecule has 0 N–H and O–H groups in total. The van der Waals surface area contributed by atoms with Gasteiger partial charge in [-0.1, -0.05) is 11.6 Å². The molecule has 0 unspecified atom stereocenters. The SMILES string of the molecule is Cc1ccc2c(c1)C(=O)/C(=C/c1ccc(-c3ccc(F)cc3)o1)O2. The third-order valence-corrected chi connectivity index (χ3v) is 3.85. The molecule has 0 atom stereocenters. The zero-order chi connectivity index (χ0) is 16.7. The first-order chi connectivity index (χ1) is 11.6. The molecule has 1 aliphatic heterocycles. The Bertz CT molecular complexity index is 965. The lowest BCUT2D eigenvalue weighted by Crippen LogP contribution is -1.97. The van der Waals surface area contributed by atoms with E-state index in [-0.39, 0.29) is 17.4 Å². The number of allylic oxidation sites excluding steroid dienone is 1. The summed E-state index contributed by atoms with van der Waals surface area (Å²) in [6.07, 6.45) is 1.57. The maximum Gasteiger partial charge on any atom is 0.232 e. The van der Waals surface area contributed by atoms with Crippen molar-refractivity contribution in [3.05, 3.63) is 83.1 Å². The van der Waals surface area contributed by atoms with Crippen LogP contribution >= 0.6 is 0 Å². The molecule has 118 valence electrons. The molecule has 4 rings (SSSR count). The van der Waals surface area contributed by atoms with Gasteiger partial charge in [-0.3, -0.25) is 4.79 Å². The van der Waals surface area contributed by atoms with Crippen LogP contribution in [-0.2, 0) is 0 Å². The van der Waals surface area contributed by atoms with E-state index in [1.807, 2.05) is 19.1 Å². The predicted octanol–water partition coefficient (Wildman–Crippen LogP) is 5.01. The van der Waals surface area contributed by atoms with Gasteiger partial charge in [0, 0.05) is 11.6 Å². The van der Waals surface area contributed by atoms with Gasteiger partial charge in [0.25, 0.3) is 0 Å². The van der Waals surface area contributed by atoms with Gasteiger partial charge in [0.1, 0.15) is 23.1 Å². The number of benzene rings is 2. The lowest BCUT2D eigenvalue weighted by molar-refractivity contribution is 0.101. The lowest BCUT2D eigenvalue weighted by atomic mass is 10.1. The Hall–Kier alpha value is -3.14. The smallest absolute Gasteiger partial charge is 0.232 e. The first-order valence-electron chi connectivity index (χ1n) is 7.51. The van der Waals surface area contributed by atoms with Gasteiger partial charge in [0.15, 0.2) is 5.76 Å². The fourth-order valence-corrected chi connectivity index (χ4v) is 2.63. The second-order valence-corrected chi connectivity index (χ2v) is 5.65. The van der Waals surface area contributed by atoms with Crippen LogP contribution in [0, 0.1) is 12.7 Å². The van der Waals surface area contributed by atoms with E-state index < -0.39 is 0 Å². The molecule has 2 aromatic carbocycles. The molecular weight excluding hydrogens is 307 g/mol. The second kappa shape index (κ2) is 5.49. The summed E-state index contributed by atoms with van der Waals surface area (Å²) in [6, 6.07) is 15.0. The quantitative estimate of drug-likeness (QED) is 0.623. The van der Waals surface area contributed by atoms with Crippen LogP contribution in [0.4, 0.5) is 4.39 Å². The Morgan fingerprint density at radius 1 is 1.00 bits per heavy atom. The Balaban J connectivity index is 1.63. The van der Waals surface area contributed by atoms with Crippen LogP contribution in [0.15, 0.2) is 64.8 Å². The van der Waals surface area contributed by atoms with Crippen molar-refractivity contribution in [1.82, 2.24) is 0 Å². The van der Waals surface area contributed by atoms with Gasteiger partial charge in [-0.2, -0.15) is 0 Å². The van der Waals surface area contributed by atoms with Crippen molar-refractivity contribution < 1.29 is 18.3 Å². The first kappa shape index (κ1) is 14.5. The minimum absolute atomic E-state index is 0.159. The van der Waals surface area contributed by atoms with E-state index in [1.54, 1.807) is 36.4 Å². The average Bonchev–Trinajstić information content (AvgIpc) is 3.15. The highest BCUT2D eigenvalue weighted by Crippen LogP contribution is 2.33. The Labute approximate surface area is 138 Å². The molecule has 3 nitrogen and oxygen atoms in total. The maximum absolute atomic E-state index is 13.0. The summed E-state index contributed by atoms with van der Waals surface area (Å²) >= 11 is 0. The molecule has 0 bridgehead atoms. The Morgan fingerprint density at radius 2 is 1.79 bits per heavy atom. The highest BCUT2D eigenvalue weighted by Gasteiger charge is 2.27. The molecule has 0 fully saturated rings. The number of furan rings is 1. The third kappa shape index (κ3) is 2.52. The van der Waals surface area contributed by atoms with Crippen LogP contribution in [0.5, 0.6) is 5.75 Å². The number of ether oxygens (including phenoxy) is 1. The molecule has 3 aromatic rings. The van der Waals surface area contributed by atoms with Crippen LogP contribution in [-0.4, -0.2) is 5.78 Å². The molecule has 0 saturated heterocycles. The summed E-state index contributed by atoms with van der Waals surface area (Å²) in [7, 11) is 0. The molecule has 0 radical (unpaired) electrons. The molecule has 2 heterocycles. The Kier molecular flexibility index (Phi) is 3.31. The normalized spacial score (nSPS) is 14.8. The predicted molar refractivity (Wildman–Crippen MR) is 88.2 cm³/mol. The van der Waals surface area contributed by atoms with Crippen LogP contribution < -0.4 is 4.74 Å². The molecule has 1 aliphatic rings. The van der Waals surface area contributed by atoms with Crippen molar-refractivity contribution in [2.24, 2.45) is 0 Å². The number of rotatable bonds is 2. The van der Waals surface area contributed by atoms with E-state index >= 15 is 0 Å². The topological polar surface area (TPSA) is 39.4 Å². The van der Waals surface area contributed by atoms with Crippen molar-refractivity contribution in [2.45, 2.75) is 6.92 Å². The molecule has 0 amide bonds. The van der Waals surface area contributed by atoms with Gasteiger partial charge < -0.3 is 9.15 Å². The van der Waals surface area contributed by atoms with Gasteiger partial charge in [-0.25, -0.2) is 4.39 Å². The number of hydrogen-bond acceptors (Lipinski definition) is 3. The van der Waals surface area contributed by atoms with Crippen molar-refractivity contribution in [2.75, 3.05) is 0 Å². The molecule has 0 spiro atoms. The van der Waals surface area contributed by atoms with Crippen molar-refractivity contribution in [3.63, 3.8) is 0 Å². The summed E-state index contributed by atoms with van der Waals surface area (Å²) in [5.74, 6) is 1.43. The average molecular weight is 320 g/mol. The van der Waals surface area contributed by atoms with Gasteiger partial charge in [-0.15, -0.1) is 0 Å². The van der Waals surface area contributed by atoms with E-state index in [4.69, 9.17) is 9.15 Å². The molecule has 4 heteroatoms. The summed E-state index contributed by atoms with van der Waals surface area (Å²) in [6.45, 7) is 1.93. The van der Waals surface area contributed by atoms with Gasteiger partial charge in [0.2, 0.25) is 5.78 Å². The fraction of sp³-hybridized carbons (Fsp3) is 0.0500. The first-order valence-corrected chi connectivity index (χ1v) is 7.51. The van der Waals surface area contributed by atoms with Gasteiger partial charge >= 0.3 is 0 Å². The standard InChI is InChI=1S/C20H13FO3/c1-12-2-8-18-16(10-12)20(22)19(24-18)11-15-7-9-17(23-15)13-3-5-14(21)6-4-13/h2-11H,1H3/b19-11-. The number of aryl methyl sites for hydroxylation is 1. The number of Topliss-reactive ketones (excluding diaryl/α,β-unsaturated/α-hetero) is 1. The molecule has 1 aromatic heterocycles. The zero-order valence-electron chi connectivity index (χ0n) is 12.9. The minimum atomic E-state index is -0.300. The maximum atomic E-state index is 13.0. The Morgan fingerprint density at radius 3 is 2.58 bits per heavy atom. The highest BCUT2D eigenvalue weighted by molar-refractivity contribution is 6.14. The molecule has 0 aliphatic carbocycles. The number of halogens is 1. The molecule has 24 heavy (non-hydrogen) atoms. The van der Waals surface area contributed by atoms with Crippen molar-refractivity contribution in [3.8, 4) is 17.1 Å². The number of carbonyl (C=O) groups is 1. The summed E-state index contributed by atoms with van der Waals surface area (Å²) in [5.41, 5.74) is 2.33. The van der Waals surface area contributed by atoms with E-state index in [9.17, 15) is 9.18 Å². The summed E-state index contributed by atoms with van der Waals surface area (Å²) < 4.78 is 24.3. The molecule has 0 saturated carbocycles. The van der Waals surface area contributed by atoms with Crippen molar-refractivity contribution in [1.29, 1.82) is 0 Å². The monoisotopic (exact) mass is 320 g/mol. The van der Waals surface area contributed by atoms with Gasteiger partial charge in [-0.05, 0) is 55.5 Å². The lowest BCUT2D eigenvalue weighted by Gasteiger charge is -1.98. The van der Waals surface area contributed by atoms with E-state index in [1.165, 1.54) is 12.1 Å². The van der Waals surface area contributed by atoms with Crippen LogP contribution in [0.25, 0.3) is 17.4 Å². The van der Waals surface area contributed by atoms with Gasteiger partial charge in [0.05, 0.1) is 5.56 Å². The van der Waals surface area contributed by atoms with Crippen molar-refractivity contribution >= 4 is 11.9 Å². The number of ketones is 1. The largest absolute Gasteiger partial charge is 0.457 e. The molecular formula is C20H13FO3. The number of fused-ring (bicyclic) bond motifs is 1.